The SMILES string of the molecule is c1ccc(-n2c3ccccc3c3cc(-c4nnc(-n5c6ccccc6c6cc7ccccc7cc65)c5ccccc45)ccc32)cc1. The molecule has 3 aromatic heterocycles. The highest BCUT2D eigenvalue weighted by molar-refractivity contribution is 6.15. The van der Waals surface area contributed by atoms with Crippen LogP contribution >= 0.6 is 0 Å². The summed E-state index contributed by atoms with van der Waals surface area (Å²) in [7, 11) is 0. The van der Waals surface area contributed by atoms with Gasteiger partial charge in [0.2, 0.25) is 0 Å². The van der Waals surface area contributed by atoms with Crippen molar-refractivity contribution >= 4 is 65.2 Å². The Hall–Kier alpha value is -6.26. The molecule has 0 spiro atoms. The second kappa shape index (κ2) is 9.62. The van der Waals surface area contributed by atoms with E-state index in [1.807, 2.05) is 0 Å². The second-order valence-corrected chi connectivity index (χ2v) is 11.9. The summed E-state index contributed by atoms with van der Waals surface area (Å²) >= 11 is 0. The van der Waals surface area contributed by atoms with Gasteiger partial charge in [0.05, 0.1) is 22.1 Å². The number of fused-ring (bicyclic) bond motifs is 8. The topological polar surface area (TPSA) is 35.6 Å². The maximum absolute atomic E-state index is 5.01. The van der Waals surface area contributed by atoms with Gasteiger partial charge in [0.15, 0.2) is 5.82 Å². The van der Waals surface area contributed by atoms with Crippen LogP contribution in [0.2, 0.25) is 0 Å². The number of para-hydroxylation sites is 3. The summed E-state index contributed by atoms with van der Waals surface area (Å²) in [5.74, 6) is 0.836. The number of nitrogens with zero attached hydrogens (tertiary/aromatic N) is 4. The first-order valence-corrected chi connectivity index (χ1v) is 15.6. The molecule has 0 aliphatic rings. The zero-order valence-electron chi connectivity index (χ0n) is 24.8. The van der Waals surface area contributed by atoms with Gasteiger partial charge in [-0.2, -0.15) is 0 Å². The molecule has 0 saturated heterocycles. The number of aromatic nitrogens is 4. The molecule has 214 valence electrons. The third-order valence-corrected chi connectivity index (χ3v) is 9.38. The lowest BCUT2D eigenvalue weighted by molar-refractivity contribution is 0.977. The fraction of sp³-hybridized carbons (Fsp3) is 0. The van der Waals surface area contributed by atoms with Crippen molar-refractivity contribution in [2.45, 2.75) is 0 Å². The Morgan fingerprint density at radius 3 is 1.67 bits per heavy atom. The molecule has 10 aromatic rings. The molecule has 0 N–H and O–H groups in total. The summed E-state index contributed by atoms with van der Waals surface area (Å²) in [6.45, 7) is 0. The van der Waals surface area contributed by atoms with Crippen LogP contribution in [0.25, 0.3) is 87.9 Å². The van der Waals surface area contributed by atoms with E-state index in [9.17, 15) is 0 Å². The molecule has 0 aliphatic carbocycles. The molecule has 0 bridgehead atoms. The van der Waals surface area contributed by atoms with Crippen molar-refractivity contribution in [1.82, 2.24) is 19.3 Å². The normalized spacial score (nSPS) is 11.9. The van der Waals surface area contributed by atoms with Crippen molar-refractivity contribution in [3.05, 3.63) is 158 Å². The predicted octanol–water partition coefficient (Wildman–Crippen LogP) is 10.6. The summed E-state index contributed by atoms with van der Waals surface area (Å²) in [5.41, 5.74) is 7.68. The van der Waals surface area contributed by atoms with Crippen LogP contribution in [0.15, 0.2) is 158 Å². The van der Waals surface area contributed by atoms with Gasteiger partial charge in [-0.1, -0.05) is 109 Å². The fourth-order valence-corrected chi connectivity index (χ4v) is 7.33. The highest BCUT2D eigenvalue weighted by Crippen LogP contribution is 2.39. The molecule has 0 atom stereocenters. The van der Waals surface area contributed by atoms with Crippen LogP contribution in [0.1, 0.15) is 0 Å². The molecule has 3 heterocycles. The summed E-state index contributed by atoms with van der Waals surface area (Å²) in [6, 6.07) is 56.1. The maximum Gasteiger partial charge on any atom is 0.168 e. The highest BCUT2D eigenvalue weighted by Gasteiger charge is 2.19. The molecule has 0 saturated carbocycles. The van der Waals surface area contributed by atoms with Crippen LogP contribution in [-0.2, 0) is 0 Å². The van der Waals surface area contributed by atoms with Crippen LogP contribution in [0.3, 0.4) is 0 Å². The highest BCUT2D eigenvalue weighted by atomic mass is 15.2. The van der Waals surface area contributed by atoms with Crippen molar-refractivity contribution in [2.24, 2.45) is 0 Å². The van der Waals surface area contributed by atoms with E-state index in [-0.39, 0.29) is 0 Å². The predicted molar refractivity (Wildman–Crippen MR) is 191 cm³/mol. The van der Waals surface area contributed by atoms with Gasteiger partial charge in [-0.05, 0) is 59.3 Å². The zero-order valence-corrected chi connectivity index (χ0v) is 24.8. The van der Waals surface area contributed by atoms with E-state index in [2.05, 4.69) is 167 Å². The fourth-order valence-electron chi connectivity index (χ4n) is 7.33. The Kier molecular flexibility index (Phi) is 5.25. The lowest BCUT2D eigenvalue weighted by atomic mass is 10.0. The van der Waals surface area contributed by atoms with E-state index in [1.54, 1.807) is 0 Å². The van der Waals surface area contributed by atoms with E-state index in [0.717, 1.165) is 44.6 Å². The number of hydrogen-bond acceptors (Lipinski definition) is 2. The van der Waals surface area contributed by atoms with Gasteiger partial charge in [0.25, 0.3) is 0 Å². The Balaban J connectivity index is 1.23. The van der Waals surface area contributed by atoms with Gasteiger partial charge < -0.3 is 4.57 Å². The summed E-state index contributed by atoms with van der Waals surface area (Å²) in [5, 5.41) is 19.4. The third-order valence-electron chi connectivity index (χ3n) is 9.38. The smallest absolute Gasteiger partial charge is 0.168 e. The van der Waals surface area contributed by atoms with E-state index in [4.69, 9.17) is 10.2 Å². The minimum atomic E-state index is 0.836. The standard InChI is InChI=1S/C42H26N4/c1-2-14-30(15-3-1)45-37-20-10-8-16-31(37)35-25-29(22-23-39(35)45)41-33-18-6-7-19-34(33)42(44-43-41)46-38-21-11-9-17-32(38)36-24-27-12-4-5-13-28(27)26-40(36)46/h1-26H. The number of hydrogen-bond donors (Lipinski definition) is 0. The molecule has 4 heteroatoms. The van der Waals surface area contributed by atoms with E-state index >= 15 is 0 Å². The minimum absolute atomic E-state index is 0.836. The molecular formula is C42H26N4. The average Bonchev–Trinajstić information content (AvgIpc) is 3.62. The van der Waals surface area contributed by atoms with Crippen molar-refractivity contribution in [2.75, 3.05) is 0 Å². The summed E-state index contributed by atoms with van der Waals surface area (Å²) in [4.78, 5) is 0. The first kappa shape index (κ1) is 25.1. The first-order chi connectivity index (χ1) is 22.8. The summed E-state index contributed by atoms with van der Waals surface area (Å²) < 4.78 is 4.63. The van der Waals surface area contributed by atoms with Crippen molar-refractivity contribution < 1.29 is 0 Å². The van der Waals surface area contributed by atoms with Crippen molar-refractivity contribution in [3.63, 3.8) is 0 Å². The number of benzene rings is 7. The van der Waals surface area contributed by atoms with E-state index in [1.165, 1.54) is 43.4 Å². The molecule has 7 aromatic carbocycles. The number of rotatable bonds is 3. The third kappa shape index (κ3) is 3.55. The molecule has 0 radical (unpaired) electrons. The van der Waals surface area contributed by atoms with Gasteiger partial charge in [-0.3, -0.25) is 4.57 Å². The molecule has 0 amide bonds. The average molecular weight is 587 g/mol. The quantitative estimate of drug-likeness (QED) is 0.206. The van der Waals surface area contributed by atoms with E-state index in [0.29, 0.717) is 0 Å². The summed E-state index contributed by atoms with van der Waals surface area (Å²) in [6.07, 6.45) is 0. The van der Waals surface area contributed by atoms with Crippen molar-refractivity contribution in [1.29, 1.82) is 0 Å². The molecular weight excluding hydrogens is 560 g/mol. The lowest BCUT2D eigenvalue weighted by Crippen LogP contribution is -2.02. The van der Waals surface area contributed by atoms with Crippen LogP contribution in [0, 0.1) is 0 Å². The first-order valence-electron chi connectivity index (χ1n) is 15.6. The Morgan fingerprint density at radius 1 is 0.348 bits per heavy atom. The van der Waals surface area contributed by atoms with Gasteiger partial charge in [0, 0.05) is 43.6 Å². The van der Waals surface area contributed by atoms with Gasteiger partial charge in [0.1, 0.15) is 5.69 Å². The van der Waals surface area contributed by atoms with E-state index < -0.39 is 0 Å². The lowest BCUT2D eigenvalue weighted by Gasteiger charge is -2.13. The van der Waals surface area contributed by atoms with Gasteiger partial charge >= 0.3 is 0 Å². The van der Waals surface area contributed by atoms with Crippen LogP contribution in [0.5, 0.6) is 0 Å². The van der Waals surface area contributed by atoms with Crippen LogP contribution < -0.4 is 0 Å². The molecule has 0 aliphatic heterocycles. The molecule has 10 rings (SSSR count). The zero-order chi connectivity index (χ0) is 30.2. The Morgan fingerprint density at radius 2 is 0.913 bits per heavy atom. The maximum atomic E-state index is 5.01. The second-order valence-electron chi connectivity index (χ2n) is 11.9. The Bertz CT molecular complexity index is 2810. The molecule has 0 fully saturated rings. The molecule has 4 nitrogen and oxygen atoms in total. The minimum Gasteiger partial charge on any atom is -0.309 e. The van der Waals surface area contributed by atoms with Gasteiger partial charge in [-0.15, -0.1) is 10.2 Å². The van der Waals surface area contributed by atoms with Crippen LogP contribution in [0.4, 0.5) is 0 Å². The molecule has 46 heavy (non-hydrogen) atoms. The largest absolute Gasteiger partial charge is 0.309 e. The Labute approximate surface area is 264 Å². The van der Waals surface area contributed by atoms with Crippen LogP contribution in [-0.4, -0.2) is 19.3 Å². The molecule has 0 unspecified atom stereocenters. The monoisotopic (exact) mass is 586 g/mol. The van der Waals surface area contributed by atoms with Crippen molar-refractivity contribution in [3.8, 4) is 22.8 Å². The van der Waals surface area contributed by atoms with Gasteiger partial charge in [-0.25, -0.2) is 0 Å².